The number of carbonyl (C=O) groups is 2. The first-order valence-corrected chi connectivity index (χ1v) is 13.5. The van der Waals surface area contributed by atoms with Gasteiger partial charge in [-0.05, 0) is 49.6 Å². The Morgan fingerprint density at radius 1 is 1.11 bits per heavy atom. The van der Waals surface area contributed by atoms with Crippen LogP contribution in [-0.2, 0) is 26.2 Å². The van der Waals surface area contributed by atoms with E-state index < -0.39 is 27.7 Å². The van der Waals surface area contributed by atoms with Crippen LogP contribution in [0.25, 0.3) is 0 Å². The molecule has 2 aromatic rings. The van der Waals surface area contributed by atoms with Gasteiger partial charge in [-0.1, -0.05) is 19.1 Å². The number of methoxy groups -OCH3 is 1. The van der Waals surface area contributed by atoms with Crippen LogP contribution in [0, 0.1) is 11.6 Å². The largest absolute Gasteiger partial charge is 0.497 e. The van der Waals surface area contributed by atoms with Crippen LogP contribution in [0.1, 0.15) is 38.7 Å². The minimum absolute atomic E-state index is 0.0376. The predicted molar refractivity (Wildman–Crippen MR) is 134 cm³/mol. The molecule has 36 heavy (non-hydrogen) atoms. The molecule has 198 valence electrons. The van der Waals surface area contributed by atoms with Gasteiger partial charge in [0.05, 0.1) is 19.1 Å². The van der Waals surface area contributed by atoms with Crippen LogP contribution < -0.4 is 14.4 Å². The number of rotatable bonds is 13. The van der Waals surface area contributed by atoms with Crippen molar-refractivity contribution < 1.29 is 31.5 Å². The molecule has 11 heteroatoms. The standard InChI is InChI=1S/C25H33F2N3O5S/c1-5-13-28-25(32)18(2)29(17-19-8-6-9-21(15-19)35-3)24(31)10-7-14-30(36(4,33)34)20-11-12-22(26)23(27)16-20/h6,8-9,11-12,15-16,18H,5,7,10,13-14,17H2,1-4H3,(H,28,32)/t18-/m0/s1. The zero-order valence-corrected chi connectivity index (χ0v) is 21.8. The van der Waals surface area contributed by atoms with Crippen LogP contribution in [0.3, 0.4) is 0 Å². The molecule has 0 radical (unpaired) electrons. The molecular weight excluding hydrogens is 492 g/mol. The molecule has 0 aliphatic carbocycles. The number of nitrogens with one attached hydrogen (secondary N) is 1. The van der Waals surface area contributed by atoms with Crippen molar-refractivity contribution in [1.82, 2.24) is 10.2 Å². The second-order valence-corrected chi connectivity index (χ2v) is 10.3. The lowest BCUT2D eigenvalue weighted by atomic mass is 10.1. The number of hydrogen-bond donors (Lipinski definition) is 1. The number of amides is 2. The number of ether oxygens (including phenoxy) is 1. The van der Waals surface area contributed by atoms with Crippen LogP contribution in [0.4, 0.5) is 14.5 Å². The molecule has 0 aliphatic heterocycles. The number of carbonyl (C=O) groups excluding carboxylic acids is 2. The SMILES string of the molecule is CCCNC(=O)[C@H](C)N(Cc1cccc(OC)c1)C(=O)CCCN(c1ccc(F)c(F)c1)S(C)(=O)=O. The van der Waals surface area contributed by atoms with Crippen molar-refractivity contribution in [2.24, 2.45) is 0 Å². The highest BCUT2D eigenvalue weighted by atomic mass is 32.2. The van der Waals surface area contributed by atoms with Crippen molar-refractivity contribution in [3.63, 3.8) is 0 Å². The number of anilines is 1. The summed E-state index contributed by atoms with van der Waals surface area (Å²) in [5.74, 6) is -2.30. The van der Waals surface area contributed by atoms with Gasteiger partial charge >= 0.3 is 0 Å². The smallest absolute Gasteiger partial charge is 0.242 e. The highest BCUT2D eigenvalue weighted by molar-refractivity contribution is 7.92. The van der Waals surface area contributed by atoms with Gasteiger partial charge in [0, 0.05) is 32.1 Å². The van der Waals surface area contributed by atoms with E-state index in [1.165, 1.54) is 12.0 Å². The predicted octanol–water partition coefficient (Wildman–Crippen LogP) is 3.46. The summed E-state index contributed by atoms with van der Waals surface area (Å²) in [7, 11) is -2.29. The number of nitrogens with zero attached hydrogens (tertiary/aromatic N) is 2. The summed E-state index contributed by atoms with van der Waals surface area (Å²) in [6.07, 6.45) is 1.73. The van der Waals surface area contributed by atoms with E-state index in [-0.39, 0.29) is 43.4 Å². The van der Waals surface area contributed by atoms with Gasteiger partial charge < -0.3 is 15.0 Å². The van der Waals surface area contributed by atoms with Crippen LogP contribution in [0.2, 0.25) is 0 Å². The van der Waals surface area contributed by atoms with Crippen LogP contribution in [0.15, 0.2) is 42.5 Å². The van der Waals surface area contributed by atoms with Crippen LogP contribution in [0.5, 0.6) is 5.75 Å². The van der Waals surface area contributed by atoms with E-state index in [0.717, 1.165) is 40.7 Å². The van der Waals surface area contributed by atoms with E-state index in [1.807, 2.05) is 13.0 Å². The van der Waals surface area contributed by atoms with Gasteiger partial charge in [-0.2, -0.15) is 0 Å². The van der Waals surface area contributed by atoms with Gasteiger partial charge in [-0.25, -0.2) is 17.2 Å². The lowest BCUT2D eigenvalue weighted by molar-refractivity contribution is -0.140. The molecule has 0 heterocycles. The molecule has 2 rings (SSSR count). The highest BCUT2D eigenvalue weighted by Crippen LogP contribution is 2.22. The van der Waals surface area contributed by atoms with Crippen molar-refractivity contribution in [2.45, 2.75) is 45.7 Å². The van der Waals surface area contributed by atoms with E-state index >= 15 is 0 Å². The van der Waals surface area contributed by atoms with Gasteiger partial charge in [0.15, 0.2) is 11.6 Å². The number of halogens is 2. The first-order chi connectivity index (χ1) is 17.0. The summed E-state index contributed by atoms with van der Waals surface area (Å²) in [5.41, 5.74) is 0.724. The molecule has 2 aromatic carbocycles. The molecule has 0 aliphatic rings. The number of sulfonamides is 1. The fraction of sp³-hybridized carbons (Fsp3) is 0.440. The molecule has 0 unspecified atom stereocenters. The van der Waals surface area contributed by atoms with Crippen molar-refractivity contribution in [3.05, 3.63) is 59.7 Å². The number of benzene rings is 2. The van der Waals surface area contributed by atoms with E-state index in [4.69, 9.17) is 4.74 Å². The topological polar surface area (TPSA) is 96.0 Å². The van der Waals surface area contributed by atoms with Gasteiger partial charge in [0.25, 0.3) is 0 Å². The third kappa shape index (κ3) is 8.18. The normalized spacial score (nSPS) is 12.1. The third-order valence-electron chi connectivity index (χ3n) is 5.55. The molecule has 0 saturated carbocycles. The Labute approximate surface area is 211 Å². The maximum atomic E-state index is 13.7. The maximum Gasteiger partial charge on any atom is 0.242 e. The van der Waals surface area contributed by atoms with E-state index in [9.17, 15) is 26.8 Å². The molecule has 1 atom stereocenters. The Morgan fingerprint density at radius 3 is 2.44 bits per heavy atom. The van der Waals surface area contributed by atoms with Crippen LogP contribution in [-0.4, -0.2) is 57.6 Å². The second-order valence-electron chi connectivity index (χ2n) is 8.38. The first-order valence-electron chi connectivity index (χ1n) is 11.6. The maximum absolute atomic E-state index is 13.7. The molecular formula is C25H33F2N3O5S. The van der Waals surface area contributed by atoms with Gasteiger partial charge in [-0.3, -0.25) is 13.9 Å². The summed E-state index contributed by atoms with van der Waals surface area (Å²) in [6, 6.07) is 9.17. The summed E-state index contributed by atoms with van der Waals surface area (Å²) in [4.78, 5) is 27.3. The van der Waals surface area contributed by atoms with Gasteiger partial charge in [0.2, 0.25) is 21.8 Å². The van der Waals surface area contributed by atoms with Crippen LogP contribution >= 0.6 is 0 Å². The second kappa shape index (κ2) is 13.2. The Kier molecular flexibility index (Phi) is 10.6. The Morgan fingerprint density at radius 2 is 1.83 bits per heavy atom. The fourth-order valence-corrected chi connectivity index (χ4v) is 4.55. The summed E-state index contributed by atoms with van der Waals surface area (Å²) >= 11 is 0. The van der Waals surface area contributed by atoms with E-state index in [0.29, 0.717) is 12.3 Å². The molecule has 0 saturated heterocycles. The van der Waals surface area contributed by atoms with Gasteiger partial charge in [-0.15, -0.1) is 0 Å². The van der Waals surface area contributed by atoms with Crippen molar-refractivity contribution in [3.8, 4) is 5.75 Å². The molecule has 0 fully saturated rings. The molecule has 1 N–H and O–H groups in total. The van der Waals surface area contributed by atoms with Crippen molar-refractivity contribution in [2.75, 3.05) is 30.8 Å². The fourth-order valence-electron chi connectivity index (χ4n) is 3.59. The van der Waals surface area contributed by atoms with E-state index in [1.54, 1.807) is 25.1 Å². The zero-order chi connectivity index (χ0) is 26.9. The number of hydrogen-bond acceptors (Lipinski definition) is 5. The summed E-state index contributed by atoms with van der Waals surface area (Å²) in [5, 5.41) is 2.79. The molecule has 2 amide bonds. The van der Waals surface area contributed by atoms with E-state index in [2.05, 4.69) is 5.32 Å². The lowest BCUT2D eigenvalue weighted by Crippen LogP contribution is -2.47. The quantitative estimate of drug-likeness (QED) is 0.432. The highest BCUT2D eigenvalue weighted by Gasteiger charge is 2.26. The minimum atomic E-state index is -3.82. The minimum Gasteiger partial charge on any atom is -0.497 e. The molecule has 0 spiro atoms. The summed E-state index contributed by atoms with van der Waals surface area (Å²) < 4.78 is 57.8. The molecule has 8 nitrogen and oxygen atoms in total. The Hall–Kier alpha value is -3.21. The monoisotopic (exact) mass is 525 g/mol. The summed E-state index contributed by atoms with van der Waals surface area (Å²) in [6.45, 7) is 4.05. The average molecular weight is 526 g/mol. The van der Waals surface area contributed by atoms with Crippen molar-refractivity contribution >= 4 is 27.5 Å². The molecule has 0 aromatic heterocycles. The Balaban J connectivity index is 2.19. The average Bonchev–Trinajstić information content (AvgIpc) is 2.84. The molecule has 0 bridgehead atoms. The van der Waals surface area contributed by atoms with Crippen molar-refractivity contribution in [1.29, 1.82) is 0 Å². The van der Waals surface area contributed by atoms with Gasteiger partial charge in [0.1, 0.15) is 11.8 Å². The first kappa shape index (κ1) is 29.0. The zero-order valence-electron chi connectivity index (χ0n) is 21.0. The lowest BCUT2D eigenvalue weighted by Gasteiger charge is -2.29. The third-order valence-corrected chi connectivity index (χ3v) is 6.74. The Bertz CT molecular complexity index is 1160.